The van der Waals surface area contributed by atoms with Gasteiger partial charge in [0.05, 0.1) is 6.10 Å². The van der Waals surface area contributed by atoms with Gasteiger partial charge in [0.2, 0.25) is 0 Å². The summed E-state index contributed by atoms with van der Waals surface area (Å²) in [5, 5.41) is 10.2. The minimum atomic E-state index is -0.0394. The van der Waals surface area contributed by atoms with Crippen molar-refractivity contribution in [3.63, 3.8) is 0 Å². The molecule has 0 aromatic carbocycles. The third-order valence-electron chi connectivity index (χ3n) is 5.55. The molecule has 2 heteroatoms. The number of aliphatic hydroxyl groups is 1. The first-order chi connectivity index (χ1) is 8.29. The van der Waals surface area contributed by atoms with Crippen molar-refractivity contribution < 1.29 is 5.11 Å². The molecule has 1 saturated heterocycles. The summed E-state index contributed by atoms with van der Waals surface area (Å²) in [6, 6.07) is 0.491. The molecule has 98 valence electrons. The number of aliphatic hydroxyl groups excluding tert-OH is 1. The quantitative estimate of drug-likeness (QED) is 0.758. The Bertz CT molecular complexity index is 260. The van der Waals surface area contributed by atoms with Crippen LogP contribution in [0.15, 0.2) is 0 Å². The zero-order chi connectivity index (χ0) is 11.7. The Labute approximate surface area is 105 Å². The van der Waals surface area contributed by atoms with Gasteiger partial charge in [0.15, 0.2) is 0 Å². The number of hydrogen-bond donors (Lipinski definition) is 1. The van der Waals surface area contributed by atoms with Crippen LogP contribution in [0.5, 0.6) is 0 Å². The van der Waals surface area contributed by atoms with Crippen LogP contribution >= 0.6 is 0 Å². The van der Waals surface area contributed by atoms with Crippen molar-refractivity contribution in [3.05, 3.63) is 0 Å². The van der Waals surface area contributed by atoms with E-state index in [1.165, 1.54) is 70.9 Å². The molecule has 0 radical (unpaired) electrons. The van der Waals surface area contributed by atoms with Crippen LogP contribution in [0.1, 0.15) is 64.2 Å². The Morgan fingerprint density at radius 1 is 0.882 bits per heavy atom. The molecular formula is C15H27NO. The summed E-state index contributed by atoms with van der Waals surface area (Å²) in [5.41, 5.74) is 0.648. The van der Waals surface area contributed by atoms with E-state index in [0.29, 0.717) is 11.5 Å². The van der Waals surface area contributed by atoms with Crippen molar-refractivity contribution >= 4 is 0 Å². The topological polar surface area (TPSA) is 23.5 Å². The lowest BCUT2D eigenvalue weighted by atomic mass is 9.73. The van der Waals surface area contributed by atoms with E-state index in [2.05, 4.69) is 4.90 Å². The summed E-state index contributed by atoms with van der Waals surface area (Å²) in [6.45, 7) is 2.54. The minimum absolute atomic E-state index is 0.0394. The van der Waals surface area contributed by atoms with Gasteiger partial charge in [0, 0.05) is 12.6 Å². The second-order valence-electron chi connectivity index (χ2n) is 6.70. The number of rotatable bonds is 1. The molecule has 1 N–H and O–H groups in total. The Balaban J connectivity index is 1.62. The number of likely N-dealkylation sites (tertiary alicyclic amines) is 1. The van der Waals surface area contributed by atoms with Crippen molar-refractivity contribution in [2.45, 2.75) is 76.4 Å². The van der Waals surface area contributed by atoms with Crippen LogP contribution in [0, 0.1) is 5.41 Å². The van der Waals surface area contributed by atoms with Crippen LogP contribution in [0.4, 0.5) is 0 Å². The van der Waals surface area contributed by atoms with Gasteiger partial charge < -0.3 is 5.11 Å². The van der Waals surface area contributed by atoms with E-state index in [1.807, 2.05) is 0 Å². The summed E-state index contributed by atoms with van der Waals surface area (Å²) in [4.78, 5) is 2.63. The largest absolute Gasteiger partial charge is 0.391 e. The van der Waals surface area contributed by atoms with Crippen LogP contribution in [0.3, 0.4) is 0 Å². The SMILES string of the molecule is OC1CCCCC1N1CCC2(CCCCC2)C1. The minimum Gasteiger partial charge on any atom is -0.391 e. The Morgan fingerprint density at radius 3 is 2.41 bits per heavy atom. The first-order valence-electron chi connectivity index (χ1n) is 7.71. The van der Waals surface area contributed by atoms with Crippen molar-refractivity contribution in [1.29, 1.82) is 0 Å². The van der Waals surface area contributed by atoms with E-state index in [1.54, 1.807) is 0 Å². The van der Waals surface area contributed by atoms with Crippen LogP contribution in [-0.2, 0) is 0 Å². The van der Waals surface area contributed by atoms with Crippen molar-refractivity contribution in [2.24, 2.45) is 5.41 Å². The highest BCUT2D eigenvalue weighted by molar-refractivity contribution is 4.96. The highest BCUT2D eigenvalue weighted by Crippen LogP contribution is 2.45. The van der Waals surface area contributed by atoms with E-state index in [0.717, 1.165) is 6.42 Å². The second kappa shape index (κ2) is 4.89. The molecule has 1 heterocycles. The zero-order valence-electron chi connectivity index (χ0n) is 11.0. The number of nitrogens with zero attached hydrogens (tertiary/aromatic N) is 1. The molecule has 0 amide bonds. The normalized spacial score (nSPS) is 38.6. The zero-order valence-corrected chi connectivity index (χ0v) is 11.0. The average Bonchev–Trinajstić information content (AvgIpc) is 2.74. The van der Waals surface area contributed by atoms with Crippen LogP contribution in [-0.4, -0.2) is 35.2 Å². The summed E-state index contributed by atoms with van der Waals surface area (Å²) < 4.78 is 0. The molecule has 1 spiro atoms. The monoisotopic (exact) mass is 237 g/mol. The summed E-state index contributed by atoms with van der Waals surface area (Å²) >= 11 is 0. The van der Waals surface area contributed by atoms with E-state index in [-0.39, 0.29) is 6.10 Å². The van der Waals surface area contributed by atoms with Crippen molar-refractivity contribution in [1.82, 2.24) is 4.90 Å². The molecule has 2 atom stereocenters. The van der Waals surface area contributed by atoms with Gasteiger partial charge in [-0.1, -0.05) is 32.1 Å². The van der Waals surface area contributed by atoms with Gasteiger partial charge in [-0.05, 0) is 44.1 Å². The van der Waals surface area contributed by atoms with Crippen LogP contribution < -0.4 is 0 Å². The first kappa shape index (κ1) is 12.0. The highest BCUT2D eigenvalue weighted by atomic mass is 16.3. The fraction of sp³-hybridized carbons (Fsp3) is 1.00. The lowest BCUT2D eigenvalue weighted by Crippen LogP contribution is -2.45. The molecule has 1 aliphatic heterocycles. The van der Waals surface area contributed by atoms with Crippen LogP contribution in [0.2, 0.25) is 0 Å². The molecule has 2 aliphatic carbocycles. The second-order valence-corrected chi connectivity index (χ2v) is 6.70. The molecule has 3 rings (SSSR count). The fourth-order valence-corrected chi connectivity index (χ4v) is 4.48. The smallest absolute Gasteiger partial charge is 0.0695 e. The maximum atomic E-state index is 10.2. The van der Waals surface area contributed by atoms with Crippen LogP contribution in [0.25, 0.3) is 0 Å². The molecule has 0 aromatic rings. The van der Waals surface area contributed by atoms with E-state index in [9.17, 15) is 5.11 Å². The summed E-state index contributed by atoms with van der Waals surface area (Å²) in [6.07, 6.45) is 13.4. The summed E-state index contributed by atoms with van der Waals surface area (Å²) in [5.74, 6) is 0. The first-order valence-corrected chi connectivity index (χ1v) is 7.71. The average molecular weight is 237 g/mol. The van der Waals surface area contributed by atoms with Gasteiger partial charge in [-0.3, -0.25) is 4.90 Å². The Morgan fingerprint density at radius 2 is 1.65 bits per heavy atom. The molecule has 3 fully saturated rings. The summed E-state index contributed by atoms with van der Waals surface area (Å²) in [7, 11) is 0. The predicted molar refractivity (Wildman–Crippen MR) is 70.0 cm³/mol. The maximum absolute atomic E-state index is 10.2. The molecule has 3 aliphatic rings. The maximum Gasteiger partial charge on any atom is 0.0695 e. The molecule has 2 nitrogen and oxygen atoms in total. The molecule has 0 aromatic heterocycles. The van der Waals surface area contributed by atoms with Crippen molar-refractivity contribution in [3.8, 4) is 0 Å². The standard InChI is InChI=1S/C15H27NO/c17-14-7-3-2-6-13(14)16-11-10-15(12-16)8-4-1-5-9-15/h13-14,17H,1-12H2. The lowest BCUT2D eigenvalue weighted by Gasteiger charge is -2.38. The van der Waals surface area contributed by atoms with Gasteiger partial charge >= 0.3 is 0 Å². The van der Waals surface area contributed by atoms with E-state index < -0.39 is 0 Å². The van der Waals surface area contributed by atoms with Gasteiger partial charge in [-0.25, -0.2) is 0 Å². The Hall–Kier alpha value is -0.0800. The molecular weight excluding hydrogens is 210 g/mol. The lowest BCUT2D eigenvalue weighted by molar-refractivity contribution is 0.0231. The fourth-order valence-electron chi connectivity index (χ4n) is 4.48. The number of hydrogen-bond acceptors (Lipinski definition) is 2. The van der Waals surface area contributed by atoms with Gasteiger partial charge in [0.1, 0.15) is 0 Å². The molecule has 0 bridgehead atoms. The van der Waals surface area contributed by atoms with E-state index >= 15 is 0 Å². The third kappa shape index (κ3) is 2.39. The third-order valence-corrected chi connectivity index (χ3v) is 5.55. The predicted octanol–water partition coefficient (Wildman–Crippen LogP) is 2.95. The van der Waals surface area contributed by atoms with Gasteiger partial charge in [0.25, 0.3) is 0 Å². The van der Waals surface area contributed by atoms with E-state index in [4.69, 9.17) is 0 Å². The van der Waals surface area contributed by atoms with Gasteiger partial charge in [-0.2, -0.15) is 0 Å². The molecule has 2 saturated carbocycles. The molecule has 17 heavy (non-hydrogen) atoms. The Kier molecular flexibility index (Phi) is 3.45. The van der Waals surface area contributed by atoms with Gasteiger partial charge in [-0.15, -0.1) is 0 Å². The highest BCUT2D eigenvalue weighted by Gasteiger charge is 2.42. The van der Waals surface area contributed by atoms with Crippen molar-refractivity contribution in [2.75, 3.05) is 13.1 Å². The molecule has 2 unspecified atom stereocenters.